The quantitative estimate of drug-likeness (QED) is 0.768. The van der Waals surface area contributed by atoms with Crippen LogP contribution in [0.5, 0.6) is 0 Å². The summed E-state index contributed by atoms with van der Waals surface area (Å²) in [6.07, 6.45) is 0. The lowest BCUT2D eigenvalue weighted by atomic mass is 10.1. The number of rotatable bonds is 2. The molecule has 1 saturated heterocycles. The van der Waals surface area contributed by atoms with E-state index in [0.29, 0.717) is 19.6 Å². The second-order valence-corrected chi connectivity index (χ2v) is 5.93. The molecule has 0 saturated carbocycles. The van der Waals surface area contributed by atoms with Gasteiger partial charge in [0.2, 0.25) is 5.91 Å². The molecule has 1 aromatic rings. The molecule has 0 aromatic carbocycles. The van der Waals surface area contributed by atoms with E-state index in [-0.39, 0.29) is 18.0 Å². The van der Waals surface area contributed by atoms with Crippen molar-refractivity contribution < 1.29 is 9.59 Å². The van der Waals surface area contributed by atoms with E-state index in [1.807, 2.05) is 18.9 Å². The summed E-state index contributed by atoms with van der Waals surface area (Å²) >= 11 is 0. The summed E-state index contributed by atoms with van der Waals surface area (Å²) < 4.78 is 0. The molecule has 1 atom stereocenters. The molecule has 1 unspecified atom stereocenters. The molecule has 2 heterocycles. The maximum Gasteiger partial charge on any atom is 0.261 e. The molecule has 0 aliphatic carbocycles. The van der Waals surface area contributed by atoms with E-state index in [1.54, 1.807) is 13.0 Å². The molecule has 2 amide bonds. The first-order valence-electron chi connectivity index (χ1n) is 7.27. The lowest BCUT2D eigenvalue weighted by molar-refractivity contribution is -0.122. The number of carbonyl (C=O) groups is 2. The average molecular weight is 306 g/mol. The van der Waals surface area contributed by atoms with Crippen LogP contribution in [0.2, 0.25) is 0 Å². The smallest absolute Gasteiger partial charge is 0.261 e. The number of aryl methyl sites for hydroxylation is 2. The number of pyridine rings is 1. The van der Waals surface area contributed by atoms with Gasteiger partial charge in [0, 0.05) is 31.9 Å². The minimum atomic E-state index is -0.430. The van der Waals surface area contributed by atoms with Gasteiger partial charge in [-0.05, 0) is 32.5 Å². The van der Waals surface area contributed by atoms with E-state index in [2.05, 4.69) is 4.98 Å². The molecule has 1 aromatic heterocycles. The van der Waals surface area contributed by atoms with Gasteiger partial charge in [-0.3, -0.25) is 14.4 Å². The normalized spacial score (nSPS) is 19.8. The highest BCUT2D eigenvalue weighted by Gasteiger charge is 2.29. The Morgan fingerprint density at radius 2 is 1.95 bits per heavy atom. The largest absolute Gasteiger partial charge is 0.369 e. The minimum Gasteiger partial charge on any atom is -0.369 e. The van der Waals surface area contributed by atoms with Gasteiger partial charge >= 0.3 is 0 Å². The summed E-state index contributed by atoms with van der Waals surface area (Å²) in [5.74, 6) is -1.21. The predicted octanol–water partition coefficient (Wildman–Crippen LogP) is -0.519. The van der Waals surface area contributed by atoms with Gasteiger partial charge in [0.25, 0.3) is 11.5 Å². The molecule has 1 fully saturated rings. The number of likely N-dealkylation sites (N-methyl/N-ethyl adjacent to an activating group) is 1. The van der Waals surface area contributed by atoms with Crippen LogP contribution in [0.4, 0.5) is 0 Å². The van der Waals surface area contributed by atoms with E-state index < -0.39 is 17.4 Å². The van der Waals surface area contributed by atoms with Crippen LogP contribution in [0.1, 0.15) is 21.6 Å². The van der Waals surface area contributed by atoms with E-state index in [0.717, 1.165) is 11.3 Å². The van der Waals surface area contributed by atoms with Crippen molar-refractivity contribution in [1.29, 1.82) is 0 Å². The van der Waals surface area contributed by atoms with Crippen molar-refractivity contribution >= 4 is 11.8 Å². The lowest BCUT2D eigenvalue weighted by Crippen LogP contribution is -2.41. The number of hydrogen-bond donors (Lipinski definition) is 2. The Bertz CT molecular complexity index is 653. The van der Waals surface area contributed by atoms with Crippen LogP contribution >= 0.6 is 0 Å². The van der Waals surface area contributed by atoms with Gasteiger partial charge in [-0.25, -0.2) is 0 Å². The van der Waals surface area contributed by atoms with Crippen LogP contribution < -0.4 is 11.3 Å². The molecule has 0 radical (unpaired) electrons. The van der Waals surface area contributed by atoms with Crippen LogP contribution in [0.3, 0.4) is 0 Å². The van der Waals surface area contributed by atoms with E-state index in [4.69, 9.17) is 5.73 Å². The van der Waals surface area contributed by atoms with Gasteiger partial charge in [0.1, 0.15) is 5.56 Å². The average Bonchev–Trinajstić information content (AvgIpc) is 2.64. The topological polar surface area (TPSA) is 99.5 Å². The summed E-state index contributed by atoms with van der Waals surface area (Å²) in [5.41, 5.74) is 6.70. The number of primary amides is 1. The van der Waals surface area contributed by atoms with Gasteiger partial charge in [-0.15, -0.1) is 0 Å². The third-order valence-electron chi connectivity index (χ3n) is 4.14. The molecule has 0 bridgehead atoms. The zero-order valence-electron chi connectivity index (χ0n) is 13.2. The van der Waals surface area contributed by atoms with E-state index in [1.165, 1.54) is 4.90 Å². The molecule has 0 spiro atoms. The Balaban J connectivity index is 2.30. The van der Waals surface area contributed by atoms with Crippen LogP contribution in [0, 0.1) is 19.8 Å². The number of hydrogen-bond acceptors (Lipinski definition) is 4. The van der Waals surface area contributed by atoms with Crippen LogP contribution in [0.15, 0.2) is 10.9 Å². The van der Waals surface area contributed by atoms with Gasteiger partial charge < -0.3 is 20.5 Å². The van der Waals surface area contributed by atoms with Gasteiger partial charge in [0.15, 0.2) is 0 Å². The number of nitrogens with zero attached hydrogens (tertiary/aromatic N) is 2. The Kier molecular flexibility index (Phi) is 4.65. The molecule has 2 rings (SSSR count). The second-order valence-electron chi connectivity index (χ2n) is 5.93. The Morgan fingerprint density at radius 1 is 1.27 bits per heavy atom. The summed E-state index contributed by atoms with van der Waals surface area (Å²) in [6.45, 7) is 5.48. The third-order valence-corrected chi connectivity index (χ3v) is 4.14. The fraction of sp³-hybridized carbons (Fsp3) is 0.533. The molecule has 3 N–H and O–H groups in total. The molecule has 1 aliphatic heterocycles. The summed E-state index contributed by atoms with van der Waals surface area (Å²) in [6, 6.07) is 1.60. The fourth-order valence-corrected chi connectivity index (χ4v) is 2.59. The van der Waals surface area contributed by atoms with Crippen LogP contribution in [-0.2, 0) is 4.79 Å². The maximum absolute atomic E-state index is 12.6. The van der Waals surface area contributed by atoms with Crippen molar-refractivity contribution in [2.24, 2.45) is 11.7 Å². The SMILES string of the molecule is Cc1cc(C(=O)N2CCN(C)CC(C(N)=O)C2)c(=O)[nH]c1C. The first-order chi connectivity index (χ1) is 10.3. The highest BCUT2D eigenvalue weighted by Crippen LogP contribution is 2.12. The number of aromatic nitrogens is 1. The van der Waals surface area contributed by atoms with Gasteiger partial charge in [0.05, 0.1) is 5.92 Å². The Morgan fingerprint density at radius 3 is 2.59 bits per heavy atom. The number of H-pyrrole nitrogens is 1. The highest BCUT2D eigenvalue weighted by atomic mass is 16.2. The molecule has 120 valence electrons. The van der Waals surface area contributed by atoms with Crippen LogP contribution in [0.25, 0.3) is 0 Å². The molecule has 7 heteroatoms. The summed E-state index contributed by atoms with van der Waals surface area (Å²) in [4.78, 5) is 42.4. The van der Waals surface area contributed by atoms with Crippen LogP contribution in [-0.4, -0.2) is 59.8 Å². The van der Waals surface area contributed by atoms with E-state index in [9.17, 15) is 14.4 Å². The Hall–Kier alpha value is -2.15. The first kappa shape index (κ1) is 16.2. The van der Waals surface area contributed by atoms with Crippen molar-refractivity contribution in [3.8, 4) is 0 Å². The third kappa shape index (κ3) is 3.36. The van der Waals surface area contributed by atoms with Crippen molar-refractivity contribution in [3.05, 3.63) is 33.2 Å². The predicted molar refractivity (Wildman–Crippen MR) is 82.6 cm³/mol. The maximum atomic E-state index is 12.6. The van der Waals surface area contributed by atoms with Crippen molar-refractivity contribution in [2.75, 3.05) is 33.2 Å². The standard InChI is InChI=1S/C15H22N4O3/c1-9-6-12(14(21)17-10(9)2)15(22)19-5-4-18(3)7-11(8-19)13(16)20/h6,11H,4-5,7-8H2,1-3H3,(H2,16,20)(H,17,21). The van der Waals surface area contributed by atoms with Crippen molar-refractivity contribution in [1.82, 2.24) is 14.8 Å². The number of nitrogens with one attached hydrogen (secondary N) is 1. The van der Waals surface area contributed by atoms with Crippen molar-refractivity contribution in [2.45, 2.75) is 13.8 Å². The number of nitrogens with two attached hydrogens (primary N) is 1. The first-order valence-corrected chi connectivity index (χ1v) is 7.27. The Labute approximate surface area is 129 Å². The highest BCUT2D eigenvalue weighted by molar-refractivity contribution is 5.94. The minimum absolute atomic E-state index is 0.107. The zero-order valence-corrected chi connectivity index (χ0v) is 13.2. The number of aromatic amines is 1. The fourth-order valence-electron chi connectivity index (χ4n) is 2.59. The molecule has 22 heavy (non-hydrogen) atoms. The lowest BCUT2D eigenvalue weighted by Gasteiger charge is -2.22. The second kappa shape index (κ2) is 6.31. The number of carbonyl (C=O) groups excluding carboxylic acids is 2. The monoisotopic (exact) mass is 306 g/mol. The zero-order chi connectivity index (χ0) is 16.4. The molecular weight excluding hydrogens is 284 g/mol. The number of amides is 2. The summed E-state index contributed by atoms with van der Waals surface area (Å²) in [7, 11) is 1.88. The molecular formula is C15H22N4O3. The summed E-state index contributed by atoms with van der Waals surface area (Å²) in [5, 5.41) is 0. The van der Waals surface area contributed by atoms with Crippen molar-refractivity contribution in [3.63, 3.8) is 0 Å². The van der Waals surface area contributed by atoms with Gasteiger partial charge in [-0.2, -0.15) is 0 Å². The molecule has 1 aliphatic rings. The van der Waals surface area contributed by atoms with E-state index >= 15 is 0 Å². The van der Waals surface area contributed by atoms with Gasteiger partial charge in [-0.1, -0.05) is 0 Å². The molecule has 7 nitrogen and oxygen atoms in total.